The zero-order valence-corrected chi connectivity index (χ0v) is 23.3. The number of hydrogen-bond donors (Lipinski definition) is 1. The van der Waals surface area contributed by atoms with Gasteiger partial charge in [-0.25, -0.2) is 0 Å². The summed E-state index contributed by atoms with van der Waals surface area (Å²) < 4.78 is 5.89. The summed E-state index contributed by atoms with van der Waals surface area (Å²) in [5, 5.41) is 2.72. The van der Waals surface area contributed by atoms with Crippen LogP contribution in [0.25, 0.3) is 0 Å². The number of amides is 1. The van der Waals surface area contributed by atoms with Gasteiger partial charge in [-0.2, -0.15) is 0 Å². The molecule has 0 aromatic heterocycles. The predicted molar refractivity (Wildman–Crippen MR) is 144 cm³/mol. The first-order valence-corrected chi connectivity index (χ1v) is 14.9. The summed E-state index contributed by atoms with van der Waals surface area (Å²) in [5.74, 6) is 0.112. The van der Waals surface area contributed by atoms with Crippen LogP contribution < -0.4 is 5.32 Å². The standard InChI is InChI=1S/C30H55NO4/c1-5-7-9-11-12-13-14-15-16-18-26-21-25(22-29(33)28(31-23-32)20-24(3)4)27(30(34)35-26)19-17-10-8-6-2/h23-28H,5-22H2,1-4H3,(H,31,32)/t25-,26+,27-,28-/m0/s1. The predicted octanol–water partition coefficient (Wildman–Crippen LogP) is 7.55. The summed E-state index contributed by atoms with van der Waals surface area (Å²) in [5.41, 5.74) is 0. The molecule has 0 radical (unpaired) electrons. The minimum absolute atomic E-state index is 0.0251. The Morgan fingerprint density at radius 3 is 2.03 bits per heavy atom. The van der Waals surface area contributed by atoms with Crippen LogP contribution in [0.3, 0.4) is 0 Å². The lowest BCUT2D eigenvalue weighted by Gasteiger charge is -2.36. The molecule has 0 saturated carbocycles. The third-order valence-electron chi connectivity index (χ3n) is 7.55. The third kappa shape index (κ3) is 14.1. The molecule has 0 spiro atoms. The largest absolute Gasteiger partial charge is 0.462 e. The quantitative estimate of drug-likeness (QED) is 0.0960. The van der Waals surface area contributed by atoms with Crippen molar-refractivity contribution in [2.45, 2.75) is 155 Å². The van der Waals surface area contributed by atoms with E-state index in [1.54, 1.807) is 0 Å². The Balaban J connectivity index is 2.61. The molecule has 1 saturated heterocycles. The number of carbonyl (C=O) groups excluding carboxylic acids is 3. The van der Waals surface area contributed by atoms with Gasteiger partial charge >= 0.3 is 5.97 Å². The fourth-order valence-electron chi connectivity index (χ4n) is 5.47. The molecule has 0 aromatic rings. The van der Waals surface area contributed by atoms with Crippen LogP contribution in [0, 0.1) is 17.8 Å². The van der Waals surface area contributed by atoms with Crippen LogP contribution >= 0.6 is 0 Å². The Kier molecular flexibility index (Phi) is 17.9. The normalized spacial score (nSPS) is 21.1. The van der Waals surface area contributed by atoms with E-state index in [1.165, 1.54) is 57.8 Å². The molecule has 5 nitrogen and oxygen atoms in total. The fraction of sp³-hybridized carbons (Fsp3) is 0.900. The van der Waals surface area contributed by atoms with E-state index in [0.29, 0.717) is 25.2 Å². The van der Waals surface area contributed by atoms with Crippen molar-refractivity contribution in [2.24, 2.45) is 17.8 Å². The van der Waals surface area contributed by atoms with Gasteiger partial charge in [-0.15, -0.1) is 0 Å². The number of nitrogens with one attached hydrogen (secondary N) is 1. The SMILES string of the molecule is CCCCCCCCCCC[C@@H]1C[C@@H](CC(=O)[C@H](CC(C)C)NC=O)[C@H](CCCCCC)C(=O)O1. The molecule has 4 atom stereocenters. The zero-order valence-electron chi connectivity index (χ0n) is 23.3. The molecule has 1 heterocycles. The molecule has 1 rings (SSSR count). The molecule has 0 bridgehead atoms. The highest BCUT2D eigenvalue weighted by Crippen LogP contribution is 2.35. The number of carbonyl (C=O) groups is 3. The van der Waals surface area contributed by atoms with Crippen molar-refractivity contribution in [2.75, 3.05) is 0 Å². The number of rotatable bonds is 22. The Morgan fingerprint density at radius 2 is 1.46 bits per heavy atom. The number of unbranched alkanes of at least 4 members (excludes halogenated alkanes) is 11. The van der Waals surface area contributed by atoms with Gasteiger partial charge in [0.2, 0.25) is 6.41 Å². The molecule has 1 aliphatic rings. The van der Waals surface area contributed by atoms with Crippen LogP contribution in [0.2, 0.25) is 0 Å². The molecule has 0 aromatic carbocycles. The summed E-state index contributed by atoms with van der Waals surface area (Å²) in [7, 11) is 0. The summed E-state index contributed by atoms with van der Waals surface area (Å²) >= 11 is 0. The van der Waals surface area contributed by atoms with Crippen molar-refractivity contribution in [3.8, 4) is 0 Å². The van der Waals surface area contributed by atoms with Crippen molar-refractivity contribution < 1.29 is 19.1 Å². The molecular weight excluding hydrogens is 438 g/mol. The van der Waals surface area contributed by atoms with Gasteiger partial charge in [-0.3, -0.25) is 14.4 Å². The summed E-state index contributed by atoms with van der Waals surface area (Å²) in [6, 6.07) is -0.457. The highest BCUT2D eigenvalue weighted by atomic mass is 16.5. The smallest absolute Gasteiger partial charge is 0.309 e. The molecule has 5 heteroatoms. The molecule has 1 N–H and O–H groups in total. The molecule has 35 heavy (non-hydrogen) atoms. The maximum atomic E-state index is 13.1. The van der Waals surface area contributed by atoms with Gasteiger partial charge in [0.15, 0.2) is 5.78 Å². The molecule has 204 valence electrons. The highest BCUT2D eigenvalue weighted by Gasteiger charge is 2.39. The maximum Gasteiger partial charge on any atom is 0.309 e. The van der Waals surface area contributed by atoms with Gasteiger partial charge in [0.05, 0.1) is 12.0 Å². The number of esters is 1. The summed E-state index contributed by atoms with van der Waals surface area (Å²) in [4.78, 5) is 37.2. The summed E-state index contributed by atoms with van der Waals surface area (Å²) in [6.07, 6.45) is 20.0. The second kappa shape index (κ2) is 19.8. The minimum Gasteiger partial charge on any atom is -0.462 e. The van der Waals surface area contributed by atoms with E-state index in [-0.39, 0.29) is 29.7 Å². The Morgan fingerprint density at radius 1 is 0.914 bits per heavy atom. The summed E-state index contributed by atoms with van der Waals surface area (Å²) in [6.45, 7) is 8.55. The fourth-order valence-corrected chi connectivity index (χ4v) is 5.47. The molecule has 1 aliphatic heterocycles. The topological polar surface area (TPSA) is 72.5 Å². The minimum atomic E-state index is -0.457. The Bertz CT molecular complexity index is 577. The molecule has 0 unspecified atom stereocenters. The molecule has 1 amide bonds. The lowest BCUT2D eigenvalue weighted by molar-refractivity contribution is -0.166. The molecular formula is C30H55NO4. The Labute approximate surface area is 215 Å². The van der Waals surface area contributed by atoms with Crippen LogP contribution in [0.4, 0.5) is 0 Å². The maximum absolute atomic E-state index is 13.1. The lowest BCUT2D eigenvalue weighted by Crippen LogP contribution is -2.43. The third-order valence-corrected chi connectivity index (χ3v) is 7.55. The van der Waals surface area contributed by atoms with Gasteiger partial charge in [0.25, 0.3) is 0 Å². The number of hydrogen-bond acceptors (Lipinski definition) is 4. The van der Waals surface area contributed by atoms with Crippen molar-refractivity contribution in [3.05, 3.63) is 0 Å². The van der Waals surface area contributed by atoms with Gasteiger partial charge in [0.1, 0.15) is 6.10 Å². The molecule has 0 aliphatic carbocycles. The van der Waals surface area contributed by atoms with Crippen LogP contribution in [0.1, 0.15) is 143 Å². The number of cyclic esters (lactones) is 1. The lowest BCUT2D eigenvalue weighted by atomic mass is 9.77. The van der Waals surface area contributed by atoms with Crippen molar-refractivity contribution in [3.63, 3.8) is 0 Å². The van der Waals surface area contributed by atoms with Crippen LogP contribution in [0.5, 0.6) is 0 Å². The van der Waals surface area contributed by atoms with E-state index >= 15 is 0 Å². The van der Waals surface area contributed by atoms with Crippen LogP contribution in [-0.2, 0) is 19.1 Å². The Hall–Kier alpha value is -1.39. The van der Waals surface area contributed by atoms with Crippen LogP contribution in [-0.4, -0.2) is 30.3 Å². The first kappa shape index (κ1) is 31.6. The van der Waals surface area contributed by atoms with E-state index in [0.717, 1.165) is 44.9 Å². The van der Waals surface area contributed by atoms with Crippen molar-refractivity contribution >= 4 is 18.2 Å². The number of ether oxygens (including phenoxy) is 1. The van der Waals surface area contributed by atoms with Gasteiger partial charge in [0, 0.05) is 6.42 Å². The highest BCUT2D eigenvalue weighted by molar-refractivity contribution is 5.86. The van der Waals surface area contributed by atoms with E-state index in [9.17, 15) is 14.4 Å². The first-order valence-electron chi connectivity index (χ1n) is 14.9. The average Bonchev–Trinajstić information content (AvgIpc) is 2.81. The van der Waals surface area contributed by atoms with E-state index < -0.39 is 6.04 Å². The van der Waals surface area contributed by atoms with Gasteiger partial charge in [-0.1, -0.05) is 105 Å². The number of ketones is 1. The zero-order chi connectivity index (χ0) is 25.9. The van der Waals surface area contributed by atoms with Crippen molar-refractivity contribution in [1.29, 1.82) is 0 Å². The number of Topliss-reactive ketones (excluding diaryl/α,β-unsaturated/α-hetero) is 1. The average molecular weight is 494 g/mol. The van der Waals surface area contributed by atoms with E-state index in [1.807, 2.05) is 0 Å². The van der Waals surface area contributed by atoms with E-state index in [4.69, 9.17) is 4.74 Å². The van der Waals surface area contributed by atoms with Gasteiger partial charge in [-0.05, 0) is 43.9 Å². The monoisotopic (exact) mass is 493 g/mol. The van der Waals surface area contributed by atoms with Crippen molar-refractivity contribution in [1.82, 2.24) is 5.32 Å². The first-order chi connectivity index (χ1) is 16.9. The molecule has 1 fully saturated rings. The van der Waals surface area contributed by atoms with E-state index in [2.05, 4.69) is 33.0 Å². The van der Waals surface area contributed by atoms with Gasteiger partial charge < -0.3 is 10.1 Å². The van der Waals surface area contributed by atoms with Crippen LogP contribution in [0.15, 0.2) is 0 Å². The second-order valence-corrected chi connectivity index (χ2v) is 11.3. The second-order valence-electron chi connectivity index (χ2n) is 11.3.